The molecule has 0 aliphatic carbocycles. The molecule has 0 N–H and O–H groups in total. The molecule has 0 saturated carbocycles. The van der Waals surface area contributed by atoms with Gasteiger partial charge in [-0.15, -0.1) is 0 Å². The number of aromatic nitrogens is 1. The van der Waals surface area contributed by atoms with Gasteiger partial charge in [-0.2, -0.15) is 0 Å². The van der Waals surface area contributed by atoms with Crippen molar-refractivity contribution in [2.24, 2.45) is 7.05 Å². The summed E-state index contributed by atoms with van der Waals surface area (Å²) in [5, 5.41) is -0.592. The van der Waals surface area contributed by atoms with Crippen molar-refractivity contribution in [2.45, 2.75) is 6.92 Å². The van der Waals surface area contributed by atoms with Gasteiger partial charge >= 0.3 is 0 Å². The Labute approximate surface area is 74.6 Å². The Morgan fingerprint density at radius 3 is 2.67 bits per heavy atom. The highest BCUT2D eigenvalue weighted by Gasteiger charge is 2.08. The lowest BCUT2D eigenvalue weighted by Crippen LogP contribution is -2.20. The average Bonchev–Trinajstić information content (AvgIpc) is 2.00. The van der Waals surface area contributed by atoms with Crippen LogP contribution in [0.15, 0.2) is 17.1 Å². The van der Waals surface area contributed by atoms with Gasteiger partial charge in [0.15, 0.2) is 0 Å². The monoisotopic (exact) mass is 185 g/mol. The van der Waals surface area contributed by atoms with Crippen LogP contribution in [0.1, 0.15) is 15.9 Å². The third-order valence-electron chi connectivity index (χ3n) is 1.72. The van der Waals surface area contributed by atoms with Gasteiger partial charge in [-0.05, 0) is 24.6 Å². The predicted octanol–water partition coefficient (Wildman–Crippen LogP) is 1.07. The molecule has 0 radical (unpaired) electrons. The number of carbonyl (C=O) groups is 1. The highest BCUT2D eigenvalue weighted by atomic mass is 35.5. The molecule has 1 rings (SSSR count). The van der Waals surface area contributed by atoms with E-state index in [4.69, 9.17) is 11.6 Å². The molecule has 0 aliphatic heterocycles. The molecule has 0 spiro atoms. The number of hydrogen-bond donors (Lipinski definition) is 0. The van der Waals surface area contributed by atoms with E-state index in [1.54, 1.807) is 14.0 Å². The van der Waals surface area contributed by atoms with Crippen LogP contribution in [0.5, 0.6) is 0 Å². The number of pyridine rings is 1. The van der Waals surface area contributed by atoms with Gasteiger partial charge in [0, 0.05) is 24.4 Å². The second-order valence-electron chi connectivity index (χ2n) is 2.54. The number of halogens is 1. The van der Waals surface area contributed by atoms with Crippen LogP contribution in [0.4, 0.5) is 0 Å². The molecule has 0 aliphatic rings. The Kier molecular flexibility index (Phi) is 2.33. The molecule has 12 heavy (non-hydrogen) atoms. The molecule has 0 fully saturated rings. The maximum absolute atomic E-state index is 11.2. The standard InChI is InChI=1S/C8H8ClNO2/c1-5-6(7(9)11)3-4-10(2)8(5)12/h3-4H,1-2H3. The smallest absolute Gasteiger partial charge is 0.253 e. The quantitative estimate of drug-likeness (QED) is 0.614. The number of carbonyl (C=O) groups excluding carboxylic acids is 1. The third-order valence-corrected chi connectivity index (χ3v) is 1.93. The Morgan fingerprint density at radius 1 is 1.58 bits per heavy atom. The number of hydrogen-bond acceptors (Lipinski definition) is 2. The zero-order valence-electron chi connectivity index (χ0n) is 6.80. The molecule has 0 unspecified atom stereocenters. The van der Waals surface area contributed by atoms with E-state index in [-0.39, 0.29) is 11.1 Å². The van der Waals surface area contributed by atoms with Crippen LogP contribution >= 0.6 is 11.6 Å². The van der Waals surface area contributed by atoms with Crippen molar-refractivity contribution in [3.05, 3.63) is 33.7 Å². The van der Waals surface area contributed by atoms with Gasteiger partial charge in [0.1, 0.15) is 0 Å². The van der Waals surface area contributed by atoms with Crippen LogP contribution in [0.3, 0.4) is 0 Å². The first-order valence-corrected chi connectivity index (χ1v) is 3.78. The first kappa shape index (κ1) is 9.00. The number of aryl methyl sites for hydroxylation is 1. The topological polar surface area (TPSA) is 39.1 Å². The van der Waals surface area contributed by atoms with Crippen molar-refractivity contribution >= 4 is 16.8 Å². The van der Waals surface area contributed by atoms with E-state index in [0.29, 0.717) is 5.56 Å². The average molecular weight is 186 g/mol. The lowest BCUT2D eigenvalue weighted by atomic mass is 10.2. The predicted molar refractivity (Wildman–Crippen MR) is 46.6 cm³/mol. The summed E-state index contributed by atoms with van der Waals surface area (Å²) in [6.45, 7) is 1.58. The van der Waals surface area contributed by atoms with Crippen LogP contribution in [0.2, 0.25) is 0 Å². The van der Waals surface area contributed by atoms with Gasteiger partial charge in [0.25, 0.3) is 10.8 Å². The maximum atomic E-state index is 11.2. The first-order valence-electron chi connectivity index (χ1n) is 3.40. The minimum atomic E-state index is -0.592. The maximum Gasteiger partial charge on any atom is 0.253 e. The molecule has 64 valence electrons. The largest absolute Gasteiger partial charge is 0.318 e. The van der Waals surface area contributed by atoms with Crippen molar-refractivity contribution < 1.29 is 4.79 Å². The first-order chi connectivity index (χ1) is 5.54. The fourth-order valence-corrected chi connectivity index (χ4v) is 1.18. The highest BCUT2D eigenvalue weighted by molar-refractivity contribution is 6.67. The van der Waals surface area contributed by atoms with E-state index in [2.05, 4.69) is 0 Å². The summed E-state index contributed by atoms with van der Waals surface area (Å²) in [6, 6.07) is 1.53. The van der Waals surface area contributed by atoms with E-state index >= 15 is 0 Å². The van der Waals surface area contributed by atoms with E-state index in [1.165, 1.54) is 16.8 Å². The van der Waals surface area contributed by atoms with Crippen LogP contribution in [-0.4, -0.2) is 9.81 Å². The fourth-order valence-electron chi connectivity index (χ4n) is 0.972. The van der Waals surface area contributed by atoms with Gasteiger partial charge in [-0.1, -0.05) is 0 Å². The molecule has 4 heteroatoms. The molecule has 1 aromatic rings. The molecule has 3 nitrogen and oxygen atoms in total. The van der Waals surface area contributed by atoms with Gasteiger partial charge in [0.2, 0.25) is 0 Å². The molecular weight excluding hydrogens is 178 g/mol. The zero-order valence-corrected chi connectivity index (χ0v) is 7.55. The lowest BCUT2D eigenvalue weighted by molar-refractivity contribution is 0.108. The number of rotatable bonds is 1. The second kappa shape index (κ2) is 3.11. The normalized spacial score (nSPS) is 9.92. The van der Waals surface area contributed by atoms with E-state index in [9.17, 15) is 9.59 Å². The van der Waals surface area contributed by atoms with Crippen molar-refractivity contribution in [3.63, 3.8) is 0 Å². The molecule has 0 aromatic carbocycles. The Balaban J connectivity index is 3.47. The molecule has 0 saturated heterocycles. The third kappa shape index (κ3) is 1.41. The Bertz CT molecular complexity index is 381. The molecule has 0 bridgehead atoms. The molecule has 1 heterocycles. The fraction of sp³-hybridized carbons (Fsp3) is 0.250. The minimum absolute atomic E-state index is 0.193. The van der Waals surface area contributed by atoms with Crippen LogP contribution in [-0.2, 0) is 7.05 Å². The van der Waals surface area contributed by atoms with Gasteiger partial charge < -0.3 is 4.57 Å². The van der Waals surface area contributed by atoms with Crippen molar-refractivity contribution in [1.29, 1.82) is 0 Å². The van der Waals surface area contributed by atoms with E-state index < -0.39 is 5.24 Å². The van der Waals surface area contributed by atoms with Gasteiger partial charge in [0.05, 0.1) is 0 Å². The summed E-state index contributed by atoms with van der Waals surface area (Å²) in [6.07, 6.45) is 1.52. The second-order valence-corrected chi connectivity index (χ2v) is 2.89. The summed E-state index contributed by atoms with van der Waals surface area (Å²) < 4.78 is 1.40. The van der Waals surface area contributed by atoms with E-state index in [0.717, 1.165) is 0 Å². The molecular formula is C8H8ClNO2. The lowest BCUT2D eigenvalue weighted by Gasteiger charge is -2.01. The van der Waals surface area contributed by atoms with Crippen LogP contribution in [0, 0.1) is 6.92 Å². The summed E-state index contributed by atoms with van der Waals surface area (Å²) in [4.78, 5) is 22.0. The van der Waals surface area contributed by atoms with Crippen molar-refractivity contribution in [3.8, 4) is 0 Å². The molecule has 0 atom stereocenters. The Morgan fingerprint density at radius 2 is 2.17 bits per heavy atom. The zero-order chi connectivity index (χ0) is 9.30. The molecule has 1 aromatic heterocycles. The highest BCUT2D eigenvalue weighted by Crippen LogP contribution is 2.05. The van der Waals surface area contributed by atoms with Crippen molar-refractivity contribution in [2.75, 3.05) is 0 Å². The van der Waals surface area contributed by atoms with E-state index in [1.807, 2.05) is 0 Å². The van der Waals surface area contributed by atoms with Gasteiger partial charge in [-0.3, -0.25) is 9.59 Å². The Hall–Kier alpha value is -1.09. The van der Waals surface area contributed by atoms with Crippen LogP contribution in [0.25, 0.3) is 0 Å². The van der Waals surface area contributed by atoms with Crippen molar-refractivity contribution in [1.82, 2.24) is 4.57 Å². The number of nitrogens with zero attached hydrogens (tertiary/aromatic N) is 1. The summed E-state index contributed by atoms with van der Waals surface area (Å²) in [5.74, 6) is 0. The minimum Gasteiger partial charge on any atom is -0.318 e. The summed E-state index contributed by atoms with van der Waals surface area (Å²) in [5.41, 5.74) is 0.473. The summed E-state index contributed by atoms with van der Waals surface area (Å²) >= 11 is 5.25. The van der Waals surface area contributed by atoms with Gasteiger partial charge in [-0.25, -0.2) is 0 Å². The molecule has 0 amide bonds. The summed E-state index contributed by atoms with van der Waals surface area (Å²) in [7, 11) is 1.62. The SMILES string of the molecule is Cc1c(C(=O)Cl)ccn(C)c1=O. The van der Waals surface area contributed by atoms with Crippen LogP contribution < -0.4 is 5.56 Å².